The zero-order chi connectivity index (χ0) is 16.4. The molecule has 1 amide bonds. The number of aryl methyl sites for hydroxylation is 1. The van der Waals surface area contributed by atoms with Crippen LogP contribution in [0.1, 0.15) is 29.9 Å². The smallest absolute Gasteiger partial charge is 0.225 e. The Bertz CT molecular complexity index is 571. The Morgan fingerprint density at radius 1 is 1.30 bits per heavy atom. The molecular formula is C18H26ClN3O. The molecule has 2 N–H and O–H groups in total. The maximum atomic E-state index is 12.8. The third-order valence-electron chi connectivity index (χ3n) is 5.31. The molecule has 1 aromatic rings. The molecule has 2 aliphatic heterocycles. The van der Waals surface area contributed by atoms with Gasteiger partial charge in [0.2, 0.25) is 5.91 Å². The van der Waals surface area contributed by atoms with Gasteiger partial charge in [0.05, 0.1) is 0 Å². The van der Waals surface area contributed by atoms with Gasteiger partial charge in [-0.3, -0.25) is 4.79 Å². The molecule has 0 bridgehead atoms. The number of rotatable bonds is 3. The second-order valence-electron chi connectivity index (χ2n) is 6.78. The van der Waals surface area contributed by atoms with Crippen molar-refractivity contribution in [2.45, 2.75) is 31.7 Å². The first kappa shape index (κ1) is 16.7. The summed E-state index contributed by atoms with van der Waals surface area (Å²) >= 11 is 6.30. The number of halogens is 1. The van der Waals surface area contributed by atoms with Crippen LogP contribution in [0.3, 0.4) is 0 Å². The topological polar surface area (TPSA) is 44.4 Å². The van der Waals surface area contributed by atoms with Crippen molar-refractivity contribution in [2.24, 2.45) is 5.92 Å². The number of carbonyl (C=O) groups is 1. The number of nitrogens with one attached hydrogen (secondary N) is 2. The van der Waals surface area contributed by atoms with E-state index in [1.165, 1.54) is 5.56 Å². The number of benzene rings is 1. The predicted octanol–water partition coefficient (Wildman–Crippen LogP) is 2.16. The summed E-state index contributed by atoms with van der Waals surface area (Å²) in [6.45, 7) is 5.50. The molecule has 0 unspecified atom stereocenters. The fourth-order valence-electron chi connectivity index (χ4n) is 3.78. The summed E-state index contributed by atoms with van der Waals surface area (Å²) in [6.07, 6.45) is 1.92. The molecule has 1 aromatic carbocycles. The highest BCUT2D eigenvalue weighted by Crippen LogP contribution is 2.31. The van der Waals surface area contributed by atoms with Crippen molar-refractivity contribution in [1.29, 1.82) is 0 Å². The number of hydrogen-bond acceptors (Lipinski definition) is 3. The van der Waals surface area contributed by atoms with E-state index in [-0.39, 0.29) is 5.92 Å². The largest absolute Gasteiger partial charge is 0.340 e. The summed E-state index contributed by atoms with van der Waals surface area (Å²) in [5.74, 6) is 0.824. The molecule has 0 saturated carbocycles. The third kappa shape index (κ3) is 3.54. The van der Waals surface area contributed by atoms with Gasteiger partial charge < -0.3 is 15.5 Å². The van der Waals surface area contributed by atoms with E-state index in [9.17, 15) is 4.79 Å². The summed E-state index contributed by atoms with van der Waals surface area (Å²) in [7, 11) is 1.98. The molecular weight excluding hydrogens is 310 g/mol. The van der Waals surface area contributed by atoms with E-state index in [4.69, 9.17) is 11.6 Å². The molecule has 2 atom stereocenters. The zero-order valence-corrected chi connectivity index (χ0v) is 14.7. The number of piperidine rings is 1. The molecule has 126 valence electrons. The predicted molar refractivity (Wildman–Crippen MR) is 94.0 cm³/mol. The fourth-order valence-corrected chi connectivity index (χ4v) is 3.97. The van der Waals surface area contributed by atoms with Gasteiger partial charge in [0, 0.05) is 36.0 Å². The van der Waals surface area contributed by atoms with Crippen molar-refractivity contribution in [2.75, 3.05) is 33.2 Å². The number of likely N-dealkylation sites (tertiary alicyclic amines) is 1. The Morgan fingerprint density at radius 3 is 2.70 bits per heavy atom. The molecule has 2 saturated heterocycles. The molecule has 0 aromatic heterocycles. The van der Waals surface area contributed by atoms with Crippen LogP contribution < -0.4 is 10.6 Å². The minimum atomic E-state index is 0.189. The Morgan fingerprint density at radius 2 is 2.04 bits per heavy atom. The van der Waals surface area contributed by atoms with Crippen LogP contribution in [0.15, 0.2) is 18.2 Å². The molecule has 23 heavy (non-hydrogen) atoms. The summed E-state index contributed by atoms with van der Waals surface area (Å²) in [5, 5.41) is 7.52. The average Bonchev–Trinajstić information content (AvgIpc) is 3.02. The van der Waals surface area contributed by atoms with Gasteiger partial charge in [-0.25, -0.2) is 0 Å². The minimum Gasteiger partial charge on any atom is -0.340 e. The van der Waals surface area contributed by atoms with Gasteiger partial charge in [0.1, 0.15) is 0 Å². The molecule has 0 aliphatic carbocycles. The molecule has 2 heterocycles. The zero-order valence-electron chi connectivity index (χ0n) is 13.9. The van der Waals surface area contributed by atoms with E-state index >= 15 is 0 Å². The van der Waals surface area contributed by atoms with Gasteiger partial charge in [-0.05, 0) is 57.1 Å². The number of amides is 1. The van der Waals surface area contributed by atoms with Gasteiger partial charge in [-0.15, -0.1) is 0 Å². The Kier molecular flexibility index (Phi) is 5.24. The van der Waals surface area contributed by atoms with Gasteiger partial charge >= 0.3 is 0 Å². The van der Waals surface area contributed by atoms with Gasteiger partial charge in [-0.1, -0.05) is 23.7 Å². The summed E-state index contributed by atoms with van der Waals surface area (Å²) < 4.78 is 0. The Labute approximate surface area is 143 Å². The monoisotopic (exact) mass is 335 g/mol. The van der Waals surface area contributed by atoms with Crippen LogP contribution in [0, 0.1) is 12.8 Å². The van der Waals surface area contributed by atoms with Crippen molar-refractivity contribution >= 4 is 17.5 Å². The summed E-state index contributed by atoms with van der Waals surface area (Å²) in [4.78, 5) is 14.9. The molecule has 3 rings (SSSR count). The fraction of sp³-hybridized carbons (Fsp3) is 0.611. The van der Waals surface area contributed by atoms with E-state index in [1.807, 2.05) is 14.0 Å². The second kappa shape index (κ2) is 7.20. The van der Waals surface area contributed by atoms with E-state index in [2.05, 4.69) is 33.7 Å². The van der Waals surface area contributed by atoms with Crippen LogP contribution in [0.2, 0.25) is 5.02 Å². The highest BCUT2D eigenvalue weighted by molar-refractivity contribution is 6.31. The van der Waals surface area contributed by atoms with Gasteiger partial charge in [0.15, 0.2) is 0 Å². The maximum Gasteiger partial charge on any atom is 0.225 e. The highest BCUT2D eigenvalue weighted by Gasteiger charge is 2.37. The lowest BCUT2D eigenvalue weighted by Gasteiger charge is -2.26. The van der Waals surface area contributed by atoms with E-state index in [1.54, 1.807) is 0 Å². The molecule has 4 nitrogen and oxygen atoms in total. The van der Waals surface area contributed by atoms with Crippen molar-refractivity contribution in [3.63, 3.8) is 0 Å². The van der Waals surface area contributed by atoms with Crippen LogP contribution in [0.5, 0.6) is 0 Å². The van der Waals surface area contributed by atoms with Gasteiger partial charge in [0.25, 0.3) is 0 Å². The van der Waals surface area contributed by atoms with Crippen LogP contribution in [-0.4, -0.2) is 50.1 Å². The van der Waals surface area contributed by atoms with Crippen LogP contribution in [0.25, 0.3) is 0 Å². The maximum absolute atomic E-state index is 12.8. The SMILES string of the molecule is CN[C@H]1CN(C(=O)C2CCNCC2)C[C@@H]1c1ccc(C)c(Cl)c1. The molecule has 0 radical (unpaired) electrons. The molecule has 0 spiro atoms. The van der Waals surface area contributed by atoms with Crippen molar-refractivity contribution in [3.05, 3.63) is 34.3 Å². The van der Waals surface area contributed by atoms with Crippen molar-refractivity contribution < 1.29 is 4.79 Å². The molecule has 5 heteroatoms. The molecule has 2 aliphatic rings. The first-order valence-corrected chi connectivity index (χ1v) is 8.90. The van der Waals surface area contributed by atoms with E-state index < -0.39 is 0 Å². The first-order chi connectivity index (χ1) is 11.1. The van der Waals surface area contributed by atoms with Crippen LogP contribution >= 0.6 is 11.6 Å². The number of hydrogen-bond donors (Lipinski definition) is 2. The lowest BCUT2D eigenvalue weighted by atomic mass is 9.93. The van der Waals surface area contributed by atoms with E-state index in [0.717, 1.165) is 49.6 Å². The number of nitrogens with zero attached hydrogens (tertiary/aromatic N) is 1. The lowest BCUT2D eigenvalue weighted by Crippen LogP contribution is -2.41. The first-order valence-electron chi connectivity index (χ1n) is 8.53. The summed E-state index contributed by atoms with van der Waals surface area (Å²) in [6, 6.07) is 6.57. The van der Waals surface area contributed by atoms with Crippen LogP contribution in [-0.2, 0) is 4.79 Å². The quantitative estimate of drug-likeness (QED) is 0.889. The second-order valence-corrected chi connectivity index (χ2v) is 7.18. The average molecular weight is 336 g/mol. The standard InChI is InChI=1S/C18H26ClN3O/c1-12-3-4-14(9-16(12)19)15-10-22(11-17(15)20-2)18(23)13-5-7-21-8-6-13/h3-4,9,13,15,17,20-21H,5-8,10-11H2,1-2H3/t15-,17+/m1/s1. The third-order valence-corrected chi connectivity index (χ3v) is 5.72. The number of likely N-dealkylation sites (N-methyl/N-ethyl adjacent to an activating group) is 1. The van der Waals surface area contributed by atoms with Gasteiger partial charge in [-0.2, -0.15) is 0 Å². The number of carbonyl (C=O) groups excluding carboxylic acids is 1. The van der Waals surface area contributed by atoms with E-state index in [0.29, 0.717) is 17.9 Å². The highest BCUT2D eigenvalue weighted by atomic mass is 35.5. The van der Waals surface area contributed by atoms with Crippen molar-refractivity contribution in [1.82, 2.24) is 15.5 Å². The molecule has 2 fully saturated rings. The van der Waals surface area contributed by atoms with Crippen molar-refractivity contribution in [3.8, 4) is 0 Å². The minimum absolute atomic E-state index is 0.189. The van der Waals surface area contributed by atoms with Crippen LogP contribution in [0.4, 0.5) is 0 Å². The Hall–Kier alpha value is -1.10. The summed E-state index contributed by atoms with van der Waals surface area (Å²) in [5.41, 5.74) is 2.32. The lowest BCUT2D eigenvalue weighted by molar-refractivity contribution is -0.135. The Balaban J connectivity index is 1.74. The normalized spacial score (nSPS) is 25.8.